The summed E-state index contributed by atoms with van der Waals surface area (Å²) in [7, 11) is 0. The van der Waals surface area contributed by atoms with Crippen LogP contribution in [-0.4, -0.2) is 12.6 Å². The van der Waals surface area contributed by atoms with Gasteiger partial charge in [0.25, 0.3) is 0 Å². The molecule has 0 saturated carbocycles. The molecule has 1 aromatic carbocycles. The maximum Gasteiger partial charge on any atom is 0.128 e. The van der Waals surface area contributed by atoms with Crippen molar-refractivity contribution in [3.05, 3.63) is 29.3 Å². The Kier molecular flexibility index (Phi) is 4.55. The Morgan fingerprint density at radius 1 is 1.18 bits per heavy atom. The number of carbonyl (C=O) groups is 1. The Morgan fingerprint density at radius 2 is 1.65 bits per heavy atom. The van der Waals surface area contributed by atoms with Crippen LogP contribution in [0.2, 0.25) is 0 Å². The normalized spacial score (nSPS) is 10.9. The zero-order chi connectivity index (χ0) is 13.0. The molecule has 0 heterocycles. The van der Waals surface area contributed by atoms with Crippen LogP contribution in [0.5, 0.6) is 5.75 Å². The smallest absolute Gasteiger partial charge is 0.128 e. The Bertz CT molecular complexity index is 368. The third kappa shape index (κ3) is 3.48. The first-order valence-corrected chi connectivity index (χ1v) is 5.89. The molecule has 0 aromatic heterocycles. The number of rotatable bonds is 5. The Balaban J connectivity index is 3.14. The van der Waals surface area contributed by atoms with Crippen molar-refractivity contribution in [2.45, 2.75) is 39.5 Å². The Labute approximate surface area is 102 Å². The van der Waals surface area contributed by atoms with Gasteiger partial charge in [-0.25, -0.2) is 0 Å². The van der Waals surface area contributed by atoms with Gasteiger partial charge in [0, 0.05) is 0 Å². The topological polar surface area (TPSA) is 49.4 Å². The minimum atomic E-state index is -1.20. The van der Waals surface area contributed by atoms with Crippen molar-refractivity contribution >= 4 is 5.97 Å². The predicted molar refractivity (Wildman–Crippen MR) is 65.1 cm³/mol. The number of carbonyl (C=O) groups excluding carboxylic acids is 1. The molecule has 0 spiro atoms. The highest BCUT2D eigenvalue weighted by atomic mass is 16.5. The van der Waals surface area contributed by atoms with E-state index in [1.54, 1.807) is 0 Å². The molecular weight excluding hydrogens is 216 g/mol. The summed E-state index contributed by atoms with van der Waals surface area (Å²) in [6, 6.07) is 5.93. The molecule has 0 aliphatic carbocycles. The summed E-state index contributed by atoms with van der Waals surface area (Å²) in [6.45, 7) is 7.84. The van der Waals surface area contributed by atoms with Crippen molar-refractivity contribution in [1.82, 2.24) is 0 Å². The van der Waals surface area contributed by atoms with Crippen LogP contribution in [-0.2, 0) is 4.79 Å². The molecule has 3 nitrogen and oxygen atoms in total. The molecule has 0 saturated heterocycles. The largest absolute Gasteiger partial charge is 0.546 e. The third-order valence-electron chi connectivity index (χ3n) is 2.65. The number of aliphatic carboxylic acids is 1. The Morgan fingerprint density at radius 3 is 2.00 bits per heavy atom. The molecule has 0 N–H and O–H groups in total. The highest BCUT2D eigenvalue weighted by Crippen LogP contribution is 2.34. The van der Waals surface area contributed by atoms with Gasteiger partial charge in [-0.1, -0.05) is 45.9 Å². The summed E-state index contributed by atoms with van der Waals surface area (Å²) < 4.78 is 5.39. The fourth-order valence-electron chi connectivity index (χ4n) is 1.78. The minimum Gasteiger partial charge on any atom is -0.546 e. The second kappa shape index (κ2) is 5.71. The lowest BCUT2D eigenvalue weighted by Gasteiger charge is -2.20. The number of hydrogen-bond acceptors (Lipinski definition) is 3. The van der Waals surface area contributed by atoms with Gasteiger partial charge in [0.1, 0.15) is 12.4 Å². The first-order chi connectivity index (χ1) is 7.93. The number of hydrogen-bond donors (Lipinski definition) is 0. The molecule has 0 fully saturated rings. The summed E-state index contributed by atoms with van der Waals surface area (Å²) in [5.74, 6) is 0.0934. The molecule has 3 heteroatoms. The lowest BCUT2D eigenvalue weighted by atomic mass is 9.94. The van der Waals surface area contributed by atoms with Crippen LogP contribution in [0.25, 0.3) is 0 Å². The lowest BCUT2D eigenvalue weighted by Crippen LogP contribution is -2.29. The van der Waals surface area contributed by atoms with Crippen molar-refractivity contribution in [1.29, 1.82) is 0 Å². The van der Waals surface area contributed by atoms with Gasteiger partial charge in [0.05, 0.1) is 5.97 Å². The summed E-state index contributed by atoms with van der Waals surface area (Å²) in [4.78, 5) is 10.5. The molecule has 94 valence electrons. The number of carboxylic acids is 1. The van der Waals surface area contributed by atoms with Crippen LogP contribution >= 0.6 is 0 Å². The minimum absolute atomic E-state index is 0.297. The molecule has 0 amide bonds. The number of carboxylic acid groups (broad SMARTS) is 1. The first kappa shape index (κ1) is 13.6. The summed E-state index contributed by atoms with van der Waals surface area (Å²) in [5.41, 5.74) is 2.08. The molecule has 0 atom stereocenters. The van der Waals surface area contributed by atoms with Crippen LogP contribution < -0.4 is 9.84 Å². The van der Waals surface area contributed by atoms with Gasteiger partial charge >= 0.3 is 0 Å². The van der Waals surface area contributed by atoms with E-state index in [4.69, 9.17) is 4.74 Å². The molecule has 0 bridgehead atoms. The van der Waals surface area contributed by atoms with Gasteiger partial charge < -0.3 is 14.6 Å². The van der Waals surface area contributed by atoms with Crippen molar-refractivity contribution in [2.75, 3.05) is 6.61 Å². The molecule has 1 rings (SSSR count). The van der Waals surface area contributed by atoms with Gasteiger partial charge in [-0.05, 0) is 23.0 Å². The van der Waals surface area contributed by atoms with Crippen LogP contribution in [0.15, 0.2) is 18.2 Å². The predicted octanol–water partition coefficient (Wildman–Crippen LogP) is 2.06. The van der Waals surface area contributed by atoms with E-state index in [9.17, 15) is 9.90 Å². The van der Waals surface area contributed by atoms with Crippen molar-refractivity contribution in [3.8, 4) is 5.75 Å². The lowest BCUT2D eigenvalue weighted by molar-refractivity contribution is -0.307. The second-order valence-corrected chi connectivity index (χ2v) is 4.74. The molecular formula is C14H19O3-. The van der Waals surface area contributed by atoms with E-state index in [1.165, 1.54) is 0 Å². The highest BCUT2D eigenvalue weighted by molar-refractivity contribution is 5.66. The van der Waals surface area contributed by atoms with Crippen LogP contribution in [0, 0.1) is 0 Å². The van der Waals surface area contributed by atoms with Gasteiger partial charge in [-0.2, -0.15) is 0 Å². The van der Waals surface area contributed by atoms with Crippen molar-refractivity contribution < 1.29 is 14.6 Å². The van der Waals surface area contributed by atoms with Crippen molar-refractivity contribution in [2.24, 2.45) is 0 Å². The summed E-state index contributed by atoms with van der Waals surface area (Å²) in [5, 5.41) is 10.5. The highest BCUT2D eigenvalue weighted by Gasteiger charge is 2.14. The van der Waals surface area contributed by atoms with E-state index in [0.717, 1.165) is 11.1 Å². The van der Waals surface area contributed by atoms with Crippen LogP contribution in [0.4, 0.5) is 0 Å². The third-order valence-corrected chi connectivity index (χ3v) is 2.65. The summed E-state index contributed by atoms with van der Waals surface area (Å²) >= 11 is 0. The molecule has 1 aromatic rings. The zero-order valence-electron chi connectivity index (χ0n) is 10.8. The SMILES string of the molecule is CC(C)c1cccc(C(C)C)c1OCC(=O)[O-]. The average Bonchev–Trinajstić information content (AvgIpc) is 2.25. The quantitative estimate of drug-likeness (QED) is 0.785. The van der Waals surface area contributed by atoms with E-state index in [0.29, 0.717) is 17.6 Å². The Hall–Kier alpha value is -1.51. The van der Waals surface area contributed by atoms with Gasteiger partial charge in [-0.3, -0.25) is 0 Å². The number of para-hydroxylation sites is 1. The molecule has 17 heavy (non-hydrogen) atoms. The van der Waals surface area contributed by atoms with E-state index in [1.807, 2.05) is 18.2 Å². The molecule has 0 aliphatic heterocycles. The molecule has 0 aliphatic rings. The summed E-state index contributed by atoms with van der Waals surface area (Å²) in [6.07, 6.45) is 0. The average molecular weight is 235 g/mol. The monoisotopic (exact) mass is 235 g/mol. The van der Waals surface area contributed by atoms with E-state index >= 15 is 0 Å². The fraction of sp³-hybridized carbons (Fsp3) is 0.500. The van der Waals surface area contributed by atoms with Crippen LogP contribution in [0.3, 0.4) is 0 Å². The second-order valence-electron chi connectivity index (χ2n) is 4.74. The van der Waals surface area contributed by atoms with Gasteiger partial charge in [-0.15, -0.1) is 0 Å². The maximum atomic E-state index is 10.5. The maximum absolute atomic E-state index is 10.5. The van der Waals surface area contributed by atoms with E-state index in [2.05, 4.69) is 27.7 Å². The number of ether oxygens (including phenoxy) is 1. The fourth-order valence-corrected chi connectivity index (χ4v) is 1.78. The van der Waals surface area contributed by atoms with Crippen molar-refractivity contribution in [3.63, 3.8) is 0 Å². The first-order valence-electron chi connectivity index (χ1n) is 5.89. The zero-order valence-corrected chi connectivity index (χ0v) is 10.8. The van der Waals surface area contributed by atoms with E-state index in [-0.39, 0.29) is 0 Å². The van der Waals surface area contributed by atoms with Gasteiger partial charge in [0.15, 0.2) is 0 Å². The molecule has 0 radical (unpaired) electrons. The van der Waals surface area contributed by atoms with E-state index < -0.39 is 12.6 Å². The van der Waals surface area contributed by atoms with Gasteiger partial charge in [0.2, 0.25) is 0 Å². The number of benzene rings is 1. The molecule has 0 unspecified atom stereocenters. The standard InChI is InChI=1S/C14H20O3/c1-9(2)11-6-5-7-12(10(3)4)14(11)17-8-13(15)16/h5-7,9-10H,8H2,1-4H3,(H,15,16)/p-1. The van der Waals surface area contributed by atoms with Crippen LogP contribution in [0.1, 0.15) is 50.7 Å².